The van der Waals surface area contributed by atoms with Crippen molar-refractivity contribution < 1.29 is 9.53 Å². The molecule has 6 nitrogen and oxygen atoms in total. The molecule has 1 aromatic heterocycles. The Morgan fingerprint density at radius 3 is 2.28 bits per heavy atom. The number of fused-ring (bicyclic) bond motifs is 1. The van der Waals surface area contributed by atoms with Crippen molar-refractivity contribution in [1.29, 1.82) is 0 Å². The van der Waals surface area contributed by atoms with Gasteiger partial charge in [0.1, 0.15) is 11.3 Å². The first-order chi connectivity index (χ1) is 14.9. The summed E-state index contributed by atoms with van der Waals surface area (Å²) in [5, 5.41) is 1.22. The second-order valence-electron chi connectivity index (χ2n) is 7.35. The minimum atomic E-state index is -0.0772. The SMILES string of the molecule is CCN(CC)CCN(C(=O)c1ccc(N(C)C)cc1)c1nc2c(OC)ccc(Cl)c2s1.Cl. The van der Waals surface area contributed by atoms with Gasteiger partial charge in [-0.05, 0) is 49.5 Å². The van der Waals surface area contributed by atoms with Crippen LogP contribution in [0.4, 0.5) is 10.8 Å². The van der Waals surface area contributed by atoms with E-state index in [0.717, 1.165) is 30.0 Å². The van der Waals surface area contributed by atoms with Crippen molar-refractivity contribution in [2.45, 2.75) is 13.8 Å². The van der Waals surface area contributed by atoms with E-state index in [2.05, 4.69) is 18.7 Å². The Bertz CT molecular complexity index is 1040. The Kier molecular flexibility index (Phi) is 9.58. The van der Waals surface area contributed by atoms with Crippen LogP contribution < -0.4 is 14.5 Å². The lowest BCUT2D eigenvalue weighted by Gasteiger charge is -2.25. The molecule has 0 saturated carbocycles. The van der Waals surface area contributed by atoms with Gasteiger partial charge in [-0.3, -0.25) is 9.69 Å². The largest absolute Gasteiger partial charge is 0.494 e. The maximum absolute atomic E-state index is 13.5. The van der Waals surface area contributed by atoms with Crippen molar-refractivity contribution in [3.63, 3.8) is 0 Å². The number of anilines is 2. The maximum atomic E-state index is 13.5. The number of methoxy groups -OCH3 is 1. The molecular weight excluding hydrogens is 467 g/mol. The van der Waals surface area contributed by atoms with Crippen LogP contribution in [0.25, 0.3) is 10.2 Å². The number of carbonyl (C=O) groups excluding carboxylic acids is 1. The highest BCUT2D eigenvalue weighted by Gasteiger charge is 2.23. The molecule has 0 aliphatic carbocycles. The van der Waals surface area contributed by atoms with E-state index in [-0.39, 0.29) is 18.3 Å². The van der Waals surface area contributed by atoms with Gasteiger partial charge in [-0.1, -0.05) is 36.8 Å². The molecule has 1 amide bonds. The number of nitrogens with zero attached hydrogens (tertiary/aromatic N) is 4. The molecule has 0 saturated heterocycles. The van der Waals surface area contributed by atoms with Crippen LogP contribution >= 0.6 is 35.3 Å². The van der Waals surface area contributed by atoms with Gasteiger partial charge >= 0.3 is 0 Å². The van der Waals surface area contributed by atoms with Gasteiger partial charge in [0.05, 0.1) is 16.8 Å². The van der Waals surface area contributed by atoms with Crippen LogP contribution in [-0.2, 0) is 0 Å². The number of amides is 1. The molecule has 0 aliphatic heterocycles. The Labute approximate surface area is 205 Å². The molecular formula is C23H30Cl2N4O2S. The third-order valence-electron chi connectivity index (χ3n) is 5.31. The average Bonchev–Trinajstić information content (AvgIpc) is 3.23. The van der Waals surface area contributed by atoms with Crippen molar-refractivity contribution in [2.75, 3.05) is 57.2 Å². The predicted octanol–water partition coefficient (Wildman–Crippen LogP) is 5.43. The van der Waals surface area contributed by atoms with Crippen molar-refractivity contribution in [1.82, 2.24) is 9.88 Å². The third-order valence-corrected chi connectivity index (χ3v) is 6.85. The molecule has 0 N–H and O–H groups in total. The van der Waals surface area contributed by atoms with E-state index in [1.54, 1.807) is 24.1 Å². The summed E-state index contributed by atoms with van der Waals surface area (Å²) in [4.78, 5) is 24.3. The first-order valence-corrected chi connectivity index (χ1v) is 11.5. The van der Waals surface area contributed by atoms with Gasteiger partial charge in [0.2, 0.25) is 0 Å². The number of benzene rings is 2. The number of halogens is 2. The highest BCUT2D eigenvalue weighted by atomic mass is 35.5. The number of hydrogen-bond donors (Lipinski definition) is 0. The van der Waals surface area contributed by atoms with E-state index in [1.807, 2.05) is 43.3 Å². The van der Waals surface area contributed by atoms with Gasteiger partial charge in [-0.25, -0.2) is 4.98 Å². The number of likely N-dealkylation sites (N-methyl/N-ethyl adjacent to an activating group) is 1. The lowest BCUT2D eigenvalue weighted by atomic mass is 10.1. The van der Waals surface area contributed by atoms with Crippen LogP contribution in [0.5, 0.6) is 5.75 Å². The summed E-state index contributed by atoms with van der Waals surface area (Å²) in [5.74, 6) is 0.569. The summed E-state index contributed by atoms with van der Waals surface area (Å²) in [5.41, 5.74) is 2.35. The van der Waals surface area contributed by atoms with E-state index >= 15 is 0 Å². The number of hydrogen-bond acceptors (Lipinski definition) is 6. The van der Waals surface area contributed by atoms with E-state index < -0.39 is 0 Å². The Balaban J connectivity index is 0.00000363. The lowest BCUT2D eigenvalue weighted by Crippen LogP contribution is -2.38. The van der Waals surface area contributed by atoms with E-state index in [0.29, 0.717) is 33.5 Å². The first kappa shape index (κ1) is 26.2. The molecule has 3 rings (SSSR count). The second-order valence-corrected chi connectivity index (χ2v) is 8.73. The van der Waals surface area contributed by atoms with E-state index in [1.165, 1.54) is 11.3 Å². The zero-order valence-corrected chi connectivity index (χ0v) is 21.5. The van der Waals surface area contributed by atoms with Crippen molar-refractivity contribution in [3.8, 4) is 5.75 Å². The average molecular weight is 497 g/mol. The summed E-state index contributed by atoms with van der Waals surface area (Å²) >= 11 is 7.83. The van der Waals surface area contributed by atoms with Gasteiger partial charge in [-0.2, -0.15) is 0 Å². The van der Waals surface area contributed by atoms with Crippen LogP contribution in [0.1, 0.15) is 24.2 Å². The van der Waals surface area contributed by atoms with Gasteiger partial charge in [-0.15, -0.1) is 12.4 Å². The molecule has 0 bridgehead atoms. The van der Waals surface area contributed by atoms with Crippen LogP contribution in [0, 0.1) is 0 Å². The number of thiazole rings is 1. The summed E-state index contributed by atoms with van der Waals surface area (Å²) in [7, 11) is 5.56. The fraction of sp³-hybridized carbons (Fsp3) is 0.391. The molecule has 174 valence electrons. The summed E-state index contributed by atoms with van der Waals surface area (Å²) in [6, 6.07) is 11.2. The Hall–Kier alpha value is -2.06. The fourth-order valence-corrected chi connectivity index (χ4v) is 4.63. The van der Waals surface area contributed by atoms with Gasteiger partial charge < -0.3 is 14.5 Å². The van der Waals surface area contributed by atoms with Crippen LogP contribution in [0.3, 0.4) is 0 Å². The van der Waals surface area contributed by atoms with Gasteiger partial charge in [0, 0.05) is 38.4 Å². The van der Waals surface area contributed by atoms with Gasteiger partial charge in [0.25, 0.3) is 5.91 Å². The van der Waals surface area contributed by atoms with E-state index in [4.69, 9.17) is 21.3 Å². The summed E-state index contributed by atoms with van der Waals surface area (Å²) in [6.07, 6.45) is 0. The third kappa shape index (κ3) is 5.64. The topological polar surface area (TPSA) is 48.9 Å². The fourth-order valence-electron chi connectivity index (χ4n) is 3.34. The highest BCUT2D eigenvalue weighted by molar-refractivity contribution is 7.23. The standard InChI is InChI=1S/C23H29ClN4O2S.ClH/c1-6-27(7-2)14-15-28(22(29)16-8-10-17(11-9-16)26(3)4)23-25-20-19(30-5)13-12-18(24)21(20)31-23;/h8-13H,6-7,14-15H2,1-5H3;1H. The van der Waals surface area contributed by atoms with Crippen molar-refractivity contribution in [2.24, 2.45) is 0 Å². The molecule has 3 aromatic rings. The summed E-state index contributed by atoms with van der Waals surface area (Å²) in [6.45, 7) is 7.39. The molecule has 0 spiro atoms. The number of carbonyl (C=O) groups is 1. The number of ether oxygens (including phenoxy) is 1. The Morgan fingerprint density at radius 2 is 1.72 bits per heavy atom. The van der Waals surface area contributed by atoms with Crippen LogP contribution in [0.15, 0.2) is 36.4 Å². The predicted molar refractivity (Wildman–Crippen MR) is 139 cm³/mol. The zero-order chi connectivity index (χ0) is 22.5. The van der Waals surface area contributed by atoms with Crippen molar-refractivity contribution >= 4 is 62.3 Å². The van der Waals surface area contributed by atoms with Crippen LogP contribution in [-0.4, -0.2) is 63.2 Å². The smallest absolute Gasteiger partial charge is 0.260 e. The first-order valence-electron chi connectivity index (χ1n) is 10.3. The quantitative estimate of drug-likeness (QED) is 0.394. The minimum Gasteiger partial charge on any atom is -0.494 e. The highest BCUT2D eigenvalue weighted by Crippen LogP contribution is 2.39. The molecule has 2 aromatic carbocycles. The maximum Gasteiger partial charge on any atom is 0.260 e. The van der Waals surface area contributed by atoms with Crippen molar-refractivity contribution in [3.05, 3.63) is 47.0 Å². The number of rotatable bonds is 9. The summed E-state index contributed by atoms with van der Waals surface area (Å²) < 4.78 is 6.28. The molecule has 0 radical (unpaired) electrons. The molecule has 9 heteroatoms. The molecule has 0 unspecified atom stereocenters. The van der Waals surface area contributed by atoms with Crippen LogP contribution in [0.2, 0.25) is 5.02 Å². The molecule has 0 atom stereocenters. The Morgan fingerprint density at radius 1 is 1.06 bits per heavy atom. The second kappa shape index (κ2) is 11.7. The minimum absolute atomic E-state index is 0. The number of aromatic nitrogens is 1. The molecule has 0 aliphatic rings. The molecule has 0 fully saturated rings. The molecule has 1 heterocycles. The zero-order valence-electron chi connectivity index (χ0n) is 19.1. The molecule has 32 heavy (non-hydrogen) atoms. The lowest BCUT2D eigenvalue weighted by molar-refractivity contribution is 0.0984. The normalized spacial score (nSPS) is 10.8. The monoisotopic (exact) mass is 496 g/mol. The van der Waals surface area contributed by atoms with E-state index in [9.17, 15) is 4.79 Å². The van der Waals surface area contributed by atoms with Gasteiger partial charge in [0.15, 0.2) is 5.13 Å².